The first-order chi connectivity index (χ1) is 7.77. The first kappa shape index (κ1) is 10.2. The number of hydrogen-bond acceptors (Lipinski definition) is 4. The van der Waals surface area contributed by atoms with Crippen molar-refractivity contribution >= 4 is 5.97 Å². The average molecular weight is 218 g/mol. The lowest BCUT2D eigenvalue weighted by Gasteiger charge is -2.06. The quantitative estimate of drug-likeness (QED) is 0.791. The summed E-state index contributed by atoms with van der Waals surface area (Å²) in [6, 6.07) is 6.24. The number of para-hydroxylation sites is 1. The van der Waals surface area contributed by atoms with Crippen LogP contribution in [0.15, 0.2) is 43.0 Å². The minimum Gasteiger partial charge on any atom is -0.507 e. The van der Waals surface area contributed by atoms with E-state index in [4.69, 9.17) is 4.74 Å². The van der Waals surface area contributed by atoms with E-state index in [0.717, 1.165) is 0 Å². The van der Waals surface area contributed by atoms with Crippen molar-refractivity contribution in [1.82, 2.24) is 9.55 Å². The van der Waals surface area contributed by atoms with Gasteiger partial charge in [-0.25, -0.2) is 9.78 Å². The molecule has 0 unspecified atom stereocenters. The number of aromatic hydroxyl groups is 1. The second kappa shape index (κ2) is 4.48. The van der Waals surface area contributed by atoms with Gasteiger partial charge in [-0.05, 0) is 12.1 Å². The van der Waals surface area contributed by atoms with Crippen molar-refractivity contribution in [2.45, 2.75) is 6.73 Å². The predicted octanol–water partition coefficient (Wildman–Crippen LogP) is 1.40. The molecule has 5 heteroatoms. The Morgan fingerprint density at radius 1 is 1.44 bits per heavy atom. The fourth-order valence-corrected chi connectivity index (χ4v) is 1.22. The molecule has 1 aromatic carbocycles. The molecular weight excluding hydrogens is 208 g/mol. The molecule has 0 saturated heterocycles. The third kappa shape index (κ3) is 2.20. The summed E-state index contributed by atoms with van der Waals surface area (Å²) < 4.78 is 6.59. The molecule has 0 spiro atoms. The van der Waals surface area contributed by atoms with Crippen LogP contribution in [0, 0.1) is 0 Å². The number of hydrogen-bond donors (Lipinski definition) is 1. The summed E-state index contributed by atoms with van der Waals surface area (Å²) >= 11 is 0. The van der Waals surface area contributed by atoms with Gasteiger partial charge in [0.15, 0.2) is 6.73 Å². The molecule has 0 amide bonds. The number of carbonyl (C=O) groups is 1. The number of imidazole rings is 1. The molecule has 2 rings (SSSR count). The van der Waals surface area contributed by atoms with Gasteiger partial charge in [-0.15, -0.1) is 0 Å². The van der Waals surface area contributed by atoms with E-state index in [9.17, 15) is 9.90 Å². The first-order valence-corrected chi connectivity index (χ1v) is 4.68. The second-order valence-corrected chi connectivity index (χ2v) is 3.15. The predicted molar refractivity (Wildman–Crippen MR) is 55.7 cm³/mol. The van der Waals surface area contributed by atoms with Gasteiger partial charge in [-0.3, -0.25) is 0 Å². The number of benzene rings is 1. The Kier molecular flexibility index (Phi) is 2.86. The lowest BCUT2D eigenvalue weighted by molar-refractivity contribution is 0.0368. The van der Waals surface area contributed by atoms with Crippen LogP contribution in [0.2, 0.25) is 0 Å². The fraction of sp³-hybridized carbons (Fsp3) is 0.0909. The fourth-order valence-electron chi connectivity index (χ4n) is 1.22. The van der Waals surface area contributed by atoms with E-state index in [1.165, 1.54) is 18.5 Å². The van der Waals surface area contributed by atoms with Crippen LogP contribution in [-0.4, -0.2) is 20.6 Å². The third-order valence-corrected chi connectivity index (χ3v) is 2.03. The molecule has 0 atom stereocenters. The molecule has 1 heterocycles. The topological polar surface area (TPSA) is 64.4 Å². The number of nitrogens with zero attached hydrogens (tertiary/aromatic N) is 2. The Balaban J connectivity index is 2.01. The molecule has 5 nitrogen and oxygen atoms in total. The SMILES string of the molecule is O=C(OCn1ccnc1)c1ccccc1O. The number of aromatic nitrogens is 2. The van der Waals surface area contributed by atoms with Gasteiger partial charge in [0.2, 0.25) is 0 Å². The molecule has 0 saturated carbocycles. The highest BCUT2D eigenvalue weighted by Crippen LogP contribution is 2.16. The van der Waals surface area contributed by atoms with Crippen molar-refractivity contribution in [2.75, 3.05) is 0 Å². The van der Waals surface area contributed by atoms with Crippen molar-refractivity contribution in [3.63, 3.8) is 0 Å². The van der Waals surface area contributed by atoms with Gasteiger partial charge in [0.05, 0.1) is 6.33 Å². The highest BCUT2D eigenvalue weighted by atomic mass is 16.5. The van der Waals surface area contributed by atoms with Gasteiger partial charge in [0, 0.05) is 12.4 Å². The van der Waals surface area contributed by atoms with Gasteiger partial charge in [-0.2, -0.15) is 0 Å². The number of carbonyl (C=O) groups excluding carboxylic acids is 1. The van der Waals surface area contributed by atoms with Crippen LogP contribution in [0.3, 0.4) is 0 Å². The van der Waals surface area contributed by atoms with Crippen molar-refractivity contribution in [1.29, 1.82) is 0 Å². The van der Waals surface area contributed by atoms with E-state index in [1.807, 2.05) is 0 Å². The summed E-state index contributed by atoms with van der Waals surface area (Å²) in [6.45, 7) is 0.0766. The third-order valence-electron chi connectivity index (χ3n) is 2.03. The summed E-state index contributed by atoms with van der Waals surface area (Å²) in [6.07, 6.45) is 4.81. The Morgan fingerprint density at radius 2 is 2.25 bits per heavy atom. The highest BCUT2D eigenvalue weighted by Gasteiger charge is 2.11. The molecule has 82 valence electrons. The van der Waals surface area contributed by atoms with E-state index < -0.39 is 5.97 Å². The first-order valence-electron chi connectivity index (χ1n) is 4.68. The van der Waals surface area contributed by atoms with Gasteiger partial charge in [-0.1, -0.05) is 12.1 Å². The van der Waals surface area contributed by atoms with Crippen molar-refractivity contribution in [3.8, 4) is 5.75 Å². The molecule has 1 aromatic heterocycles. The monoisotopic (exact) mass is 218 g/mol. The molecule has 0 aliphatic heterocycles. The van der Waals surface area contributed by atoms with Crippen LogP contribution < -0.4 is 0 Å². The van der Waals surface area contributed by atoms with Crippen LogP contribution in [-0.2, 0) is 11.5 Å². The van der Waals surface area contributed by atoms with E-state index in [-0.39, 0.29) is 18.0 Å². The number of rotatable bonds is 3. The van der Waals surface area contributed by atoms with E-state index in [1.54, 1.807) is 29.1 Å². The second-order valence-electron chi connectivity index (χ2n) is 3.15. The van der Waals surface area contributed by atoms with Crippen LogP contribution in [0.4, 0.5) is 0 Å². The molecule has 0 aliphatic carbocycles. The van der Waals surface area contributed by atoms with Gasteiger partial charge in [0.25, 0.3) is 0 Å². The molecule has 0 bridgehead atoms. The zero-order valence-electron chi connectivity index (χ0n) is 8.41. The Morgan fingerprint density at radius 3 is 2.94 bits per heavy atom. The summed E-state index contributed by atoms with van der Waals surface area (Å²) in [5.74, 6) is -0.648. The summed E-state index contributed by atoms with van der Waals surface area (Å²) in [5, 5.41) is 9.42. The van der Waals surface area contributed by atoms with E-state index in [0.29, 0.717) is 0 Å². The number of phenols is 1. The average Bonchev–Trinajstić information content (AvgIpc) is 2.79. The number of ether oxygens (including phenoxy) is 1. The highest BCUT2D eigenvalue weighted by molar-refractivity contribution is 5.92. The lowest BCUT2D eigenvalue weighted by Crippen LogP contribution is -2.08. The Bertz CT molecular complexity index is 480. The molecule has 0 fully saturated rings. The normalized spacial score (nSPS) is 10.0. The van der Waals surface area contributed by atoms with Crippen LogP contribution in [0.25, 0.3) is 0 Å². The molecule has 2 aromatic rings. The molecule has 0 aliphatic rings. The summed E-state index contributed by atoms with van der Waals surface area (Å²) in [5.41, 5.74) is 0.155. The molecule has 16 heavy (non-hydrogen) atoms. The largest absolute Gasteiger partial charge is 0.507 e. The minimum atomic E-state index is -0.563. The number of esters is 1. The Hall–Kier alpha value is -2.30. The van der Waals surface area contributed by atoms with E-state index in [2.05, 4.69) is 4.98 Å². The molecule has 1 N–H and O–H groups in total. The van der Waals surface area contributed by atoms with Gasteiger partial charge >= 0.3 is 5.97 Å². The molecular formula is C11H10N2O3. The standard InChI is InChI=1S/C11H10N2O3/c14-10-4-2-1-3-9(10)11(15)16-8-13-6-5-12-7-13/h1-7,14H,8H2. The van der Waals surface area contributed by atoms with Crippen LogP contribution in [0.5, 0.6) is 5.75 Å². The summed E-state index contributed by atoms with van der Waals surface area (Å²) in [7, 11) is 0. The minimum absolute atomic E-state index is 0.0766. The number of phenolic OH excluding ortho intramolecular Hbond substituents is 1. The zero-order chi connectivity index (χ0) is 11.4. The van der Waals surface area contributed by atoms with Crippen molar-refractivity contribution in [3.05, 3.63) is 48.5 Å². The maximum absolute atomic E-state index is 11.5. The molecule has 0 radical (unpaired) electrons. The van der Waals surface area contributed by atoms with Gasteiger partial charge < -0.3 is 14.4 Å². The maximum Gasteiger partial charge on any atom is 0.343 e. The maximum atomic E-state index is 11.5. The Labute approximate surface area is 91.9 Å². The van der Waals surface area contributed by atoms with Crippen molar-refractivity contribution < 1.29 is 14.6 Å². The van der Waals surface area contributed by atoms with Crippen LogP contribution in [0.1, 0.15) is 10.4 Å². The summed E-state index contributed by atoms with van der Waals surface area (Å²) in [4.78, 5) is 15.4. The van der Waals surface area contributed by atoms with Crippen LogP contribution >= 0.6 is 0 Å². The zero-order valence-corrected chi connectivity index (χ0v) is 8.41. The lowest BCUT2D eigenvalue weighted by atomic mass is 10.2. The van der Waals surface area contributed by atoms with Gasteiger partial charge in [0.1, 0.15) is 11.3 Å². The van der Waals surface area contributed by atoms with Crippen molar-refractivity contribution in [2.24, 2.45) is 0 Å². The smallest absolute Gasteiger partial charge is 0.343 e. The van der Waals surface area contributed by atoms with E-state index >= 15 is 0 Å².